The highest BCUT2D eigenvalue weighted by atomic mass is 16.6. The first kappa shape index (κ1) is 21.5. The molecular weight excluding hydrogens is 382 g/mol. The number of fused-ring (bicyclic) bond motifs is 5. The van der Waals surface area contributed by atoms with Crippen molar-refractivity contribution in [1.82, 2.24) is 0 Å². The Kier molecular flexibility index (Phi) is 5.67. The van der Waals surface area contributed by atoms with Crippen LogP contribution in [0.5, 0.6) is 0 Å². The highest BCUT2D eigenvalue weighted by molar-refractivity contribution is 5.14. The van der Waals surface area contributed by atoms with Crippen molar-refractivity contribution in [2.75, 3.05) is 0 Å². The topological polar surface area (TPSA) is 43.1 Å². The quantitative estimate of drug-likeness (QED) is 0.368. The normalized spacial score (nSPS) is 44.2. The Balaban J connectivity index is 1.22. The van der Waals surface area contributed by atoms with E-state index in [2.05, 4.69) is 44.2 Å². The van der Waals surface area contributed by atoms with Gasteiger partial charge in [0.15, 0.2) is 0 Å². The molecule has 3 heteroatoms. The van der Waals surface area contributed by atoms with Crippen LogP contribution in [0.4, 0.5) is 0 Å². The Labute approximate surface area is 188 Å². The number of rotatable bonds is 5. The van der Waals surface area contributed by atoms with E-state index in [0.29, 0.717) is 11.3 Å². The zero-order chi connectivity index (χ0) is 21.6. The van der Waals surface area contributed by atoms with E-state index in [4.69, 9.17) is 0 Å². The van der Waals surface area contributed by atoms with Crippen LogP contribution in [0.3, 0.4) is 0 Å². The van der Waals surface area contributed by atoms with Crippen LogP contribution < -0.4 is 0 Å². The molecule has 3 unspecified atom stereocenters. The second kappa shape index (κ2) is 8.19. The molecule has 0 saturated heterocycles. The van der Waals surface area contributed by atoms with Gasteiger partial charge in [0.25, 0.3) is 0 Å². The van der Waals surface area contributed by atoms with Gasteiger partial charge in [0.2, 0.25) is 6.04 Å². The summed E-state index contributed by atoms with van der Waals surface area (Å²) >= 11 is 0. The highest BCUT2D eigenvalue weighted by Gasteiger charge is 2.63. The maximum absolute atomic E-state index is 11.7. The van der Waals surface area contributed by atoms with Gasteiger partial charge in [-0.2, -0.15) is 0 Å². The molecule has 0 bridgehead atoms. The first-order valence-corrected chi connectivity index (χ1v) is 13.1. The summed E-state index contributed by atoms with van der Waals surface area (Å²) in [4.78, 5) is 11.8. The Bertz CT molecular complexity index is 793. The summed E-state index contributed by atoms with van der Waals surface area (Å²) in [5.41, 5.74) is 1.94. The fraction of sp³-hybridized carbons (Fsp3) is 0.786. The molecule has 3 nitrogen and oxygen atoms in total. The summed E-state index contributed by atoms with van der Waals surface area (Å²) in [6.45, 7) is 4.89. The van der Waals surface area contributed by atoms with Gasteiger partial charge in [0.1, 0.15) is 0 Å². The van der Waals surface area contributed by atoms with E-state index in [-0.39, 0.29) is 16.4 Å². The molecular formula is C28H41NO2. The molecule has 0 N–H and O–H groups in total. The SMILES string of the molecule is C[C@]12CCC(CCCc3ccccc3)CC1CC[C@@H]1[C@H]2CC[C@]2(C)C([N+](=O)[O-])CC[C@@H]12. The third-order valence-electron chi connectivity index (χ3n) is 10.9. The largest absolute Gasteiger partial charge is 0.264 e. The van der Waals surface area contributed by atoms with Crippen molar-refractivity contribution >= 4 is 0 Å². The Morgan fingerprint density at radius 1 is 0.935 bits per heavy atom. The van der Waals surface area contributed by atoms with Gasteiger partial charge in [0, 0.05) is 16.8 Å². The number of hydrogen-bond donors (Lipinski definition) is 0. The Hall–Kier alpha value is -1.38. The van der Waals surface area contributed by atoms with Gasteiger partial charge in [-0.1, -0.05) is 50.6 Å². The molecule has 0 aliphatic heterocycles. The molecule has 4 fully saturated rings. The average molecular weight is 424 g/mol. The fourth-order valence-corrected chi connectivity index (χ4v) is 9.17. The van der Waals surface area contributed by atoms with Crippen molar-refractivity contribution in [3.8, 4) is 0 Å². The molecule has 0 aromatic heterocycles. The minimum Gasteiger partial charge on any atom is -0.264 e. The van der Waals surface area contributed by atoms with Crippen LogP contribution >= 0.6 is 0 Å². The van der Waals surface area contributed by atoms with Crippen molar-refractivity contribution in [3.63, 3.8) is 0 Å². The lowest BCUT2D eigenvalue weighted by Crippen LogP contribution is -2.54. The summed E-state index contributed by atoms with van der Waals surface area (Å²) in [7, 11) is 0. The van der Waals surface area contributed by atoms with Gasteiger partial charge in [-0.05, 0) is 105 Å². The number of benzene rings is 1. The van der Waals surface area contributed by atoms with Crippen molar-refractivity contribution in [1.29, 1.82) is 0 Å². The van der Waals surface area contributed by atoms with Gasteiger partial charge in [-0.15, -0.1) is 0 Å². The first-order chi connectivity index (χ1) is 14.9. The minimum atomic E-state index is -0.288. The Morgan fingerprint density at radius 3 is 2.45 bits per heavy atom. The van der Waals surface area contributed by atoms with Crippen LogP contribution in [0, 0.1) is 50.5 Å². The molecule has 8 atom stereocenters. The molecule has 0 radical (unpaired) electrons. The summed E-state index contributed by atoms with van der Waals surface area (Å²) in [5.74, 6) is 3.97. The molecule has 4 aliphatic carbocycles. The van der Waals surface area contributed by atoms with Crippen molar-refractivity contribution < 1.29 is 4.92 Å². The molecule has 0 amide bonds. The lowest BCUT2D eigenvalue weighted by Gasteiger charge is -2.60. The van der Waals surface area contributed by atoms with Crippen LogP contribution in [-0.4, -0.2) is 11.0 Å². The number of nitrogens with zero attached hydrogens (tertiary/aromatic N) is 1. The third-order valence-corrected chi connectivity index (χ3v) is 10.9. The number of aryl methyl sites for hydroxylation is 1. The van der Waals surface area contributed by atoms with Crippen LogP contribution in [-0.2, 0) is 6.42 Å². The standard InChI is InChI=1S/C28H41NO2/c1-27-17-15-21(10-6-9-20-7-4-3-5-8-20)19-22(27)11-12-23-24-13-14-26(29(30)31)28(24,2)18-16-25(23)27/h3-5,7-8,21-26H,6,9-19H2,1-2H3/t21?,22?,23-,24-,25+,26?,27-,28-/m0/s1. The van der Waals surface area contributed by atoms with E-state index < -0.39 is 0 Å². The molecule has 0 heterocycles. The van der Waals surface area contributed by atoms with Gasteiger partial charge >= 0.3 is 0 Å². The summed E-state index contributed by atoms with van der Waals surface area (Å²) in [6, 6.07) is 10.7. The van der Waals surface area contributed by atoms with Crippen LogP contribution in [0.1, 0.15) is 90.0 Å². The molecule has 0 spiro atoms. The number of hydrogen-bond acceptors (Lipinski definition) is 2. The van der Waals surface area contributed by atoms with E-state index in [1.165, 1.54) is 63.4 Å². The van der Waals surface area contributed by atoms with Gasteiger partial charge < -0.3 is 0 Å². The number of nitro groups is 1. The van der Waals surface area contributed by atoms with Crippen LogP contribution in [0.15, 0.2) is 30.3 Å². The predicted molar refractivity (Wildman–Crippen MR) is 125 cm³/mol. The first-order valence-electron chi connectivity index (χ1n) is 13.1. The maximum atomic E-state index is 11.7. The zero-order valence-electron chi connectivity index (χ0n) is 19.6. The zero-order valence-corrected chi connectivity index (χ0v) is 19.6. The van der Waals surface area contributed by atoms with Gasteiger partial charge in [0.05, 0.1) is 0 Å². The second-order valence-electron chi connectivity index (χ2n) is 12.1. The molecule has 31 heavy (non-hydrogen) atoms. The van der Waals surface area contributed by atoms with Crippen LogP contribution in [0.2, 0.25) is 0 Å². The van der Waals surface area contributed by atoms with Crippen molar-refractivity contribution in [2.24, 2.45) is 40.4 Å². The smallest absolute Gasteiger partial charge is 0.218 e. The lowest BCUT2D eigenvalue weighted by atomic mass is 9.44. The van der Waals surface area contributed by atoms with Crippen molar-refractivity contribution in [2.45, 2.75) is 96.9 Å². The monoisotopic (exact) mass is 423 g/mol. The van der Waals surface area contributed by atoms with E-state index in [0.717, 1.165) is 42.9 Å². The predicted octanol–water partition coefficient (Wildman–Crippen LogP) is 7.31. The second-order valence-corrected chi connectivity index (χ2v) is 12.1. The molecule has 1 aromatic carbocycles. The fourth-order valence-electron chi connectivity index (χ4n) is 9.17. The van der Waals surface area contributed by atoms with Crippen LogP contribution in [0.25, 0.3) is 0 Å². The lowest BCUT2D eigenvalue weighted by molar-refractivity contribution is -0.540. The van der Waals surface area contributed by atoms with E-state index in [9.17, 15) is 10.1 Å². The van der Waals surface area contributed by atoms with Gasteiger partial charge in [-0.3, -0.25) is 10.1 Å². The molecule has 170 valence electrons. The van der Waals surface area contributed by atoms with Crippen molar-refractivity contribution in [3.05, 3.63) is 46.0 Å². The van der Waals surface area contributed by atoms with Gasteiger partial charge in [-0.25, -0.2) is 0 Å². The molecule has 4 aliphatic rings. The Morgan fingerprint density at radius 2 is 1.68 bits per heavy atom. The van der Waals surface area contributed by atoms with E-state index >= 15 is 0 Å². The maximum Gasteiger partial charge on any atom is 0.218 e. The summed E-state index contributed by atoms with van der Waals surface area (Å²) in [6.07, 6.45) is 15.2. The summed E-state index contributed by atoms with van der Waals surface area (Å²) in [5, 5.41) is 11.7. The molecule has 1 aromatic rings. The van der Waals surface area contributed by atoms with E-state index in [1.807, 2.05) is 0 Å². The average Bonchev–Trinajstić information content (AvgIpc) is 3.12. The van der Waals surface area contributed by atoms with E-state index in [1.54, 1.807) is 0 Å². The summed E-state index contributed by atoms with van der Waals surface area (Å²) < 4.78 is 0. The molecule has 5 rings (SSSR count). The third kappa shape index (κ3) is 3.64. The highest BCUT2D eigenvalue weighted by Crippen LogP contribution is 2.67. The molecule has 4 saturated carbocycles. The minimum absolute atomic E-state index is 0.0392.